The van der Waals surface area contributed by atoms with Crippen LogP contribution < -0.4 is 0 Å². The Balaban J connectivity index is 2.42. The van der Waals surface area contributed by atoms with E-state index in [-0.39, 0.29) is 6.61 Å². The second-order valence-electron chi connectivity index (χ2n) is 3.52. The minimum atomic E-state index is -0.980. The van der Waals surface area contributed by atoms with Gasteiger partial charge in [0.25, 0.3) is 0 Å². The smallest absolute Gasteiger partial charge is 0.113 e. The first-order valence-electron chi connectivity index (χ1n) is 5.00. The van der Waals surface area contributed by atoms with Crippen LogP contribution in [0.2, 0.25) is 0 Å². The third-order valence-corrected chi connectivity index (χ3v) is 2.41. The fourth-order valence-corrected chi connectivity index (χ4v) is 1.46. The van der Waals surface area contributed by atoms with Gasteiger partial charge >= 0.3 is 0 Å². The van der Waals surface area contributed by atoms with Crippen molar-refractivity contribution < 1.29 is 20.1 Å². The maximum atomic E-state index is 9.52. The first-order valence-corrected chi connectivity index (χ1v) is 5.00. The highest BCUT2D eigenvalue weighted by Gasteiger charge is 2.34. The van der Waals surface area contributed by atoms with Gasteiger partial charge in [0, 0.05) is 6.61 Å². The van der Waals surface area contributed by atoms with E-state index in [4.69, 9.17) is 9.84 Å². The Kier molecular flexibility index (Phi) is 4.54. The molecule has 1 aliphatic rings. The maximum Gasteiger partial charge on any atom is 0.113 e. The van der Waals surface area contributed by atoms with Crippen molar-refractivity contribution in [2.45, 2.75) is 38.1 Å². The van der Waals surface area contributed by atoms with E-state index in [1.54, 1.807) is 6.08 Å². The van der Waals surface area contributed by atoms with Crippen LogP contribution in [0, 0.1) is 0 Å². The van der Waals surface area contributed by atoms with Gasteiger partial charge in [0.2, 0.25) is 0 Å². The Morgan fingerprint density at radius 3 is 2.64 bits per heavy atom. The molecule has 0 bridgehead atoms. The van der Waals surface area contributed by atoms with E-state index in [1.807, 2.05) is 0 Å². The molecule has 0 spiro atoms. The Morgan fingerprint density at radius 2 is 2.14 bits per heavy atom. The molecule has 1 aliphatic carbocycles. The molecule has 0 aromatic carbocycles. The molecule has 3 N–H and O–H groups in total. The van der Waals surface area contributed by atoms with Crippen LogP contribution in [0.4, 0.5) is 0 Å². The van der Waals surface area contributed by atoms with Crippen molar-refractivity contribution in [3.63, 3.8) is 0 Å². The van der Waals surface area contributed by atoms with Gasteiger partial charge in [-0.15, -0.1) is 0 Å². The lowest BCUT2D eigenvalue weighted by Crippen LogP contribution is -2.33. The maximum absolute atomic E-state index is 9.52. The summed E-state index contributed by atoms with van der Waals surface area (Å²) in [6.45, 7) is 2.39. The Labute approximate surface area is 83.8 Å². The molecule has 0 aromatic heterocycles. The van der Waals surface area contributed by atoms with E-state index in [0.717, 1.165) is 12.8 Å². The molecule has 82 valence electrons. The highest BCUT2D eigenvalue weighted by Crippen LogP contribution is 2.22. The van der Waals surface area contributed by atoms with Crippen molar-refractivity contribution >= 4 is 0 Å². The summed E-state index contributed by atoms with van der Waals surface area (Å²) in [7, 11) is 0. The fourth-order valence-electron chi connectivity index (χ4n) is 1.46. The quantitative estimate of drug-likeness (QED) is 0.427. The summed E-state index contributed by atoms with van der Waals surface area (Å²) in [6.07, 6.45) is 1.17. The lowest BCUT2D eigenvalue weighted by Gasteiger charge is -2.17. The standard InChI is InChI=1S/C10H18O4/c1-2-3-4-14-8-5-7(6-11)9(12)10(8)13/h5,8-13H,2-4,6H2,1H3/t8-,9-,10?/m0/s1. The number of hydrogen-bond acceptors (Lipinski definition) is 4. The number of hydrogen-bond donors (Lipinski definition) is 3. The predicted molar refractivity (Wildman–Crippen MR) is 51.8 cm³/mol. The first kappa shape index (κ1) is 11.7. The van der Waals surface area contributed by atoms with Gasteiger partial charge in [0.1, 0.15) is 18.3 Å². The number of rotatable bonds is 5. The summed E-state index contributed by atoms with van der Waals surface area (Å²) in [6, 6.07) is 0. The summed E-state index contributed by atoms with van der Waals surface area (Å²) in [5.41, 5.74) is 0.444. The summed E-state index contributed by atoms with van der Waals surface area (Å²) in [5, 5.41) is 27.8. The molecule has 1 unspecified atom stereocenters. The first-order chi connectivity index (χ1) is 6.70. The molecule has 0 heterocycles. The van der Waals surface area contributed by atoms with Crippen molar-refractivity contribution in [3.05, 3.63) is 11.6 Å². The number of aliphatic hydroxyl groups excluding tert-OH is 3. The molecule has 1 rings (SSSR count). The molecular formula is C10H18O4. The molecule has 3 atom stereocenters. The molecule has 4 nitrogen and oxygen atoms in total. The van der Waals surface area contributed by atoms with Crippen molar-refractivity contribution in [3.8, 4) is 0 Å². The molecule has 0 amide bonds. The summed E-state index contributed by atoms with van der Waals surface area (Å²) in [4.78, 5) is 0. The van der Waals surface area contributed by atoms with E-state index >= 15 is 0 Å². The van der Waals surface area contributed by atoms with Crippen LogP contribution in [0.3, 0.4) is 0 Å². The average Bonchev–Trinajstić information content (AvgIpc) is 2.46. The van der Waals surface area contributed by atoms with Gasteiger partial charge in [-0.25, -0.2) is 0 Å². The Morgan fingerprint density at radius 1 is 1.43 bits per heavy atom. The fraction of sp³-hybridized carbons (Fsp3) is 0.800. The van der Waals surface area contributed by atoms with E-state index in [1.165, 1.54) is 0 Å². The molecular weight excluding hydrogens is 184 g/mol. The van der Waals surface area contributed by atoms with E-state index in [2.05, 4.69) is 6.92 Å². The van der Waals surface area contributed by atoms with Crippen molar-refractivity contribution in [1.29, 1.82) is 0 Å². The lowest BCUT2D eigenvalue weighted by atomic mass is 10.1. The minimum absolute atomic E-state index is 0.230. The molecule has 0 aromatic rings. The monoisotopic (exact) mass is 202 g/mol. The Hall–Kier alpha value is -0.420. The number of aliphatic hydroxyl groups is 3. The number of unbranched alkanes of at least 4 members (excludes halogenated alkanes) is 1. The number of ether oxygens (including phenoxy) is 1. The van der Waals surface area contributed by atoms with Crippen molar-refractivity contribution in [2.24, 2.45) is 0 Å². The molecule has 0 aliphatic heterocycles. The molecule has 0 saturated heterocycles. The summed E-state index contributed by atoms with van der Waals surface area (Å²) < 4.78 is 5.36. The molecule has 14 heavy (non-hydrogen) atoms. The Bertz CT molecular complexity index is 202. The molecule has 0 fully saturated rings. The SMILES string of the molecule is CCCCO[C@H]1C=C(CO)[C@H](O)C1O. The largest absolute Gasteiger partial charge is 0.392 e. The topological polar surface area (TPSA) is 69.9 Å². The minimum Gasteiger partial charge on any atom is -0.392 e. The second kappa shape index (κ2) is 5.46. The highest BCUT2D eigenvalue weighted by molar-refractivity contribution is 5.22. The normalized spacial score (nSPS) is 32.0. The third kappa shape index (κ3) is 2.54. The van der Waals surface area contributed by atoms with Crippen molar-refractivity contribution in [1.82, 2.24) is 0 Å². The average molecular weight is 202 g/mol. The van der Waals surface area contributed by atoms with Crippen LogP contribution in [0.15, 0.2) is 11.6 Å². The van der Waals surface area contributed by atoms with Crippen LogP contribution in [0.25, 0.3) is 0 Å². The lowest BCUT2D eigenvalue weighted by molar-refractivity contribution is -0.0466. The van der Waals surface area contributed by atoms with Crippen LogP contribution >= 0.6 is 0 Å². The van der Waals surface area contributed by atoms with Gasteiger partial charge in [0.15, 0.2) is 0 Å². The zero-order valence-corrected chi connectivity index (χ0v) is 8.39. The summed E-state index contributed by atoms with van der Waals surface area (Å²) >= 11 is 0. The second-order valence-corrected chi connectivity index (χ2v) is 3.52. The van der Waals surface area contributed by atoms with E-state index in [0.29, 0.717) is 12.2 Å². The van der Waals surface area contributed by atoms with Crippen LogP contribution in [0.1, 0.15) is 19.8 Å². The van der Waals surface area contributed by atoms with E-state index < -0.39 is 18.3 Å². The van der Waals surface area contributed by atoms with Gasteiger partial charge in [0.05, 0.1) is 6.61 Å². The van der Waals surface area contributed by atoms with E-state index in [9.17, 15) is 10.2 Å². The van der Waals surface area contributed by atoms with Gasteiger partial charge in [-0.3, -0.25) is 0 Å². The van der Waals surface area contributed by atoms with Gasteiger partial charge in [-0.2, -0.15) is 0 Å². The van der Waals surface area contributed by atoms with Crippen LogP contribution in [-0.4, -0.2) is 46.8 Å². The van der Waals surface area contributed by atoms with Crippen molar-refractivity contribution in [2.75, 3.05) is 13.2 Å². The van der Waals surface area contributed by atoms with Crippen LogP contribution in [0.5, 0.6) is 0 Å². The third-order valence-electron chi connectivity index (χ3n) is 2.41. The van der Waals surface area contributed by atoms with Crippen LogP contribution in [-0.2, 0) is 4.74 Å². The molecule has 0 radical (unpaired) electrons. The molecule has 0 saturated carbocycles. The van der Waals surface area contributed by atoms with Gasteiger partial charge < -0.3 is 20.1 Å². The zero-order valence-electron chi connectivity index (χ0n) is 8.39. The zero-order chi connectivity index (χ0) is 10.6. The van der Waals surface area contributed by atoms with Gasteiger partial charge in [-0.05, 0) is 18.1 Å². The highest BCUT2D eigenvalue weighted by atomic mass is 16.5. The summed E-state index contributed by atoms with van der Waals surface area (Å²) in [5.74, 6) is 0. The predicted octanol–water partition coefficient (Wildman–Crippen LogP) is -0.174. The molecule has 4 heteroatoms. The van der Waals surface area contributed by atoms with Gasteiger partial charge in [-0.1, -0.05) is 13.3 Å².